The monoisotopic (exact) mass is 382 g/mol. The summed E-state index contributed by atoms with van der Waals surface area (Å²) in [7, 11) is 0. The SMILES string of the molecule is CCCn1cc(C#Cc2cccc3nc(CC)n(-c4ccccc4)c(=O)c23)cn1. The average molecular weight is 382 g/mol. The minimum absolute atomic E-state index is 0.0929. The van der Waals surface area contributed by atoms with E-state index < -0.39 is 0 Å². The van der Waals surface area contributed by atoms with Gasteiger partial charge in [0, 0.05) is 24.7 Å². The molecule has 29 heavy (non-hydrogen) atoms. The molecule has 0 aliphatic carbocycles. The number of aryl methyl sites for hydroxylation is 2. The van der Waals surface area contributed by atoms with Crippen LogP contribution in [0.3, 0.4) is 0 Å². The van der Waals surface area contributed by atoms with Gasteiger partial charge in [-0.05, 0) is 30.7 Å². The molecule has 0 N–H and O–H groups in total. The summed E-state index contributed by atoms with van der Waals surface area (Å²) in [6.45, 7) is 4.98. The molecule has 5 nitrogen and oxygen atoms in total. The summed E-state index contributed by atoms with van der Waals surface area (Å²) >= 11 is 0. The highest BCUT2D eigenvalue weighted by Crippen LogP contribution is 2.16. The zero-order valence-electron chi connectivity index (χ0n) is 16.6. The third kappa shape index (κ3) is 3.70. The third-order valence-corrected chi connectivity index (χ3v) is 4.73. The molecular formula is C24H22N4O. The van der Waals surface area contributed by atoms with Crippen LogP contribution in [0.2, 0.25) is 0 Å². The van der Waals surface area contributed by atoms with Crippen LogP contribution in [-0.4, -0.2) is 19.3 Å². The molecule has 0 spiro atoms. The maximum atomic E-state index is 13.5. The maximum Gasteiger partial charge on any atom is 0.267 e. The summed E-state index contributed by atoms with van der Waals surface area (Å²) in [6.07, 6.45) is 5.36. The van der Waals surface area contributed by atoms with Gasteiger partial charge in [0.15, 0.2) is 0 Å². The maximum absolute atomic E-state index is 13.5. The number of fused-ring (bicyclic) bond motifs is 1. The lowest BCUT2D eigenvalue weighted by Gasteiger charge is -2.13. The van der Waals surface area contributed by atoms with E-state index in [1.807, 2.05) is 66.3 Å². The van der Waals surface area contributed by atoms with E-state index in [2.05, 4.69) is 23.9 Å². The van der Waals surface area contributed by atoms with Crippen molar-refractivity contribution in [2.75, 3.05) is 0 Å². The second-order valence-electron chi connectivity index (χ2n) is 6.80. The molecule has 144 valence electrons. The highest BCUT2D eigenvalue weighted by molar-refractivity contribution is 5.84. The average Bonchev–Trinajstić information content (AvgIpc) is 3.20. The number of nitrogens with zero attached hydrogens (tertiary/aromatic N) is 4. The first-order chi connectivity index (χ1) is 14.2. The molecule has 2 aromatic heterocycles. The van der Waals surface area contributed by atoms with Crippen molar-refractivity contribution in [1.29, 1.82) is 0 Å². The summed E-state index contributed by atoms with van der Waals surface area (Å²) in [6, 6.07) is 15.3. The molecule has 4 rings (SSSR count). The van der Waals surface area contributed by atoms with E-state index in [1.54, 1.807) is 10.8 Å². The standard InChI is InChI=1S/C24H22N4O/c1-3-15-27-17-18(16-25-27)13-14-19-9-8-12-21-23(19)24(29)28(22(4-2)26-21)20-10-6-5-7-11-20/h5-12,16-17H,3-4,15H2,1-2H3. The third-order valence-electron chi connectivity index (χ3n) is 4.73. The van der Waals surface area contributed by atoms with E-state index in [0.29, 0.717) is 22.9 Å². The van der Waals surface area contributed by atoms with Crippen molar-refractivity contribution in [3.05, 3.63) is 88.2 Å². The van der Waals surface area contributed by atoms with E-state index in [-0.39, 0.29) is 5.56 Å². The molecule has 0 aliphatic heterocycles. The molecular weight excluding hydrogens is 360 g/mol. The van der Waals surface area contributed by atoms with Gasteiger partial charge in [-0.15, -0.1) is 0 Å². The Labute approximate surface area is 169 Å². The fourth-order valence-corrected chi connectivity index (χ4v) is 3.38. The summed E-state index contributed by atoms with van der Waals surface area (Å²) in [5, 5.41) is 4.85. The summed E-state index contributed by atoms with van der Waals surface area (Å²) in [5.74, 6) is 7.03. The molecule has 0 bridgehead atoms. The van der Waals surface area contributed by atoms with Crippen molar-refractivity contribution in [2.45, 2.75) is 33.2 Å². The van der Waals surface area contributed by atoms with Gasteiger partial charge in [-0.1, -0.05) is 50.0 Å². The molecule has 0 unspecified atom stereocenters. The van der Waals surface area contributed by atoms with Crippen molar-refractivity contribution >= 4 is 10.9 Å². The molecule has 0 saturated heterocycles. The van der Waals surface area contributed by atoms with Crippen molar-refractivity contribution in [3.8, 4) is 17.5 Å². The Hall–Kier alpha value is -3.65. The number of hydrogen-bond donors (Lipinski definition) is 0. The number of benzene rings is 2. The molecule has 0 amide bonds. The zero-order valence-corrected chi connectivity index (χ0v) is 16.6. The first-order valence-corrected chi connectivity index (χ1v) is 9.85. The summed E-state index contributed by atoms with van der Waals surface area (Å²) in [4.78, 5) is 18.2. The Bertz CT molecular complexity index is 1270. The fourth-order valence-electron chi connectivity index (χ4n) is 3.38. The van der Waals surface area contributed by atoms with Crippen LogP contribution in [0.15, 0.2) is 65.7 Å². The van der Waals surface area contributed by atoms with E-state index in [1.165, 1.54) is 0 Å². The Balaban J connectivity index is 1.88. The molecule has 0 fully saturated rings. The lowest BCUT2D eigenvalue weighted by atomic mass is 10.1. The fraction of sp³-hybridized carbons (Fsp3) is 0.208. The number of rotatable bonds is 4. The first-order valence-electron chi connectivity index (χ1n) is 9.85. The van der Waals surface area contributed by atoms with Crippen molar-refractivity contribution in [2.24, 2.45) is 0 Å². The zero-order chi connectivity index (χ0) is 20.2. The van der Waals surface area contributed by atoms with Gasteiger partial charge in [-0.3, -0.25) is 14.0 Å². The molecule has 2 heterocycles. The quantitative estimate of drug-likeness (QED) is 0.502. The number of hydrogen-bond acceptors (Lipinski definition) is 3. The molecule has 0 saturated carbocycles. The van der Waals surface area contributed by atoms with Crippen molar-refractivity contribution < 1.29 is 0 Å². The van der Waals surface area contributed by atoms with Gasteiger partial charge in [-0.25, -0.2) is 4.98 Å². The Morgan fingerprint density at radius 3 is 2.59 bits per heavy atom. The Morgan fingerprint density at radius 2 is 1.83 bits per heavy atom. The van der Waals surface area contributed by atoms with Gasteiger partial charge in [0.25, 0.3) is 5.56 Å². The van der Waals surface area contributed by atoms with Crippen LogP contribution >= 0.6 is 0 Å². The van der Waals surface area contributed by atoms with Crippen molar-refractivity contribution in [3.63, 3.8) is 0 Å². The van der Waals surface area contributed by atoms with E-state index in [0.717, 1.165) is 30.0 Å². The van der Waals surface area contributed by atoms with Crippen molar-refractivity contribution in [1.82, 2.24) is 19.3 Å². The lowest BCUT2D eigenvalue weighted by Crippen LogP contribution is -2.24. The summed E-state index contributed by atoms with van der Waals surface area (Å²) in [5.41, 5.74) is 2.90. The highest BCUT2D eigenvalue weighted by atomic mass is 16.1. The Kier molecular flexibility index (Phi) is 5.26. The number of para-hydroxylation sites is 1. The van der Waals surface area contributed by atoms with Gasteiger partial charge in [0.2, 0.25) is 0 Å². The van der Waals surface area contributed by atoms with Gasteiger partial charge < -0.3 is 0 Å². The first kappa shape index (κ1) is 18.7. The molecule has 0 aliphatic rings. The normalized spacial score (nSPS) is 10.7. The number of aromatic nitrogens is 4. The minimum atomic E-state index is -0.0929. The lowest BCUT2D eigenvalue weighted by molar-refractivity contribution is 0.602. The smallest absolute Gasteiger partial charge is 0.267 e. The van der Waals surface area contributed by atoms with Gasteiger partial charge >= 0.3 is 0 Å². The van der Waals surface area contributed by atoms with Crippen LogP contribution in [0.1, 0.15) is 37.2 Å². The molecule has 2 aromatic carbocycles. The van der Waals surface area contributed by atoms with Gasteiger partial charge in [0.1, 0.15) is 5.82 Å². The molecule has 4 aromatic rings. The van der Waals surface area contributed by atoms with Gasteiger partial charge in [-0.2, -0.15) is 5.10 Å². The highest BCUT2D eigenvalue weighted by Gasteiger charge is 2.13. The van der Waals surface area contributed by atoms with Gasteiger partial charge in [0.05, 0.1) is 28.4 Å². The molecule has 0 atom stereocenters. The predicted octanol–water partition coefficient (Wildman–Crippen LogP) is 3.95. The van der Waals surface area contributed by atoms with E-state index >= 15 is 0 Å². The van der Waals surface area contributed by atoms with Crippen LogP contribution in [0.25, 0.3) is 16.6 Å². The Morgan fingerprint density at radius 1 is 1.00 bits per heavy atom. The molecule has 0 radical (unpaired) electrons. The summed E-state index contributed by atoms with van der Waals surface area (Å²) < 4.78 is 3.57. The van der Waals surface area contributed by atoms with Crippen LogP contribution in [-0.2, 0) is 13.0 Å². The topological polar surface area (TPSA) is 52.7 Å². The molecule has 5 heteroatoms. The van der Waals surface area contributed by atoms with Crippen LogP contribution in [0.4, 0.5) is 0 Å². The second kappa shape index (κ2) is 8.15. The van der Waals surface area contributed by atoms with Crippen LogP contribution in [0, 0.1) is 11.8 Å². The van der Waals surface area contributed by atoms with Crippen LogP contribution < -0.4 is 5.56 Å². The predicted molar refractivity (Wildman–Crippen MR) is 115 cm³/mol. The van der Waals surface area contributed by atoms with Crippen LogP contribution in [0.5, 0.6) is 0 Å². The minimum Gasteiger partial charge on any atom is -0.271 e. The second-order valence-corrected chi connectivity index (χ2v) is 6.80. The largest absolute Gasteiger partial charge is 0.271 e. The van der Waals surface area contributed by atoms with E-state index in [4.69, 9.17) is 4.98 Å². The van der Waals surface area contributed by atoms with E-state index in [9.17, 15) is 4.79 Å².